The molecule has 4 fully saturated rings. The number of likely N-dealkylation sites (tertiary alicyclic amines) is 2. The van der Waals surface area contributed by atoms with Gasteiger partial charge in [0.1, 0.15) is 6.04 Å². The predicted molar refractivity (Wildman–Crippen MR) is 263 cm³/mol. The monoisotopic (exact) mass is 904 g/mol. The molecule has 4 saturated heterocycles. The van der Waals surface area contributed by atoms with Crippen LogP contribution in [0.4, 0.5) is 5.69 Å². The van der Waals surface area contributed by atoms with Crippen molar-refractivity contribution < 1.29 is 19.2 Å². The summed E-state index contributed by atoms with van der Waals surface area (Å²) in [4.78, 5) is 69.0. The molecule has 13 heteroatoms. The number of carbonyl (C=O) groups is 4. The Balaban J connectivity index is 0.714. The van der Waals surface area contributed by atoms with Gasteiger partial charge in [0.25, 0.3) is 5.91 Å². The van der Waals surface area contributed by atoms with Crippen molar-refractivity contribution >= 4 is 51.1 Å². The number of imide groups is 1. The Morgan fingerprint density at radius 1 is 0.851 bits per heavy atom. The molecule has 1 aromatic heterocycles. The Bertz CT molecular complexity index is 2800. The Labute approximate surface area is 393 Å². The molecule has 4 N–H and O–H groups in total. The molecule has 5 aromatic rings. The number of fused-ring (bicyclic) bond motifs is 2. The third kappa shape index (κ3) is 10.2. The lowest BCUT2D eigenvalue weighted by Gasteiger charge is -2.32. The van der Waals surface area contributed by atoms with E-state index < -0.39 is 11.9 Å². The summed E-state index contributed by atoms with van der Waals surface area (Å²) < 4.78 is 3.10. The summed E-state index contributed by atoms with van der Waals surface area (Å²) in [5, 5.41) is 14.8. The van der Waals surface area contributed by atoms with Crippen molar-refractivity contribution in [2.45, 2.75) is 102 Å². The molecular weight excluding hydrogens is 841 g/mol. The molecule has 4 aliphatic heterocycles. The number of carbonyl (C=O) groups excluding carboxylic acids is 4. The van der Waals surface area contributed by atoms with Crippen molar-refractivity contribution in [1.29, 1.82) is 0 Å². The van der Waals surface area contributed by atoms with Crippen LogP contribution in [0.25, 0.3) is 21.8 Å². The molecule has 67 heavy (non-hydrogen) atoms. The average molecular weight is 905 g/mol. The lowest BCUT2D eigenvalue weighted by Crippen LogP contribution is -2.44. The van der Waals surface area contributed by atoms with Gasteiger partial charge in [-0.15, -0.1) is 0 Å². The van der Waals surface area contributed by atoms with E-state index in [4.69, 9.17) is 0 Å². The van der Waals surface area contributed by atoms with Crippen molar-refractivity contribution in [3.8, 4) is 11.8 Å². The second-order valence-corrected chi connectivity index (χ2v) is 19.2. The lowest BCUT2D eigenvalue weighted by atomic mass is 9.89. The Morgan fingerprint density at radius 2 is 1.64 bits per heavy atom. The van der Waals surface area contributed by atoms with Gasteiger partial charge in [0, 0.05) is 68.3 Å². The number of hydrogen-bond acceptors (Lipinski definition) is 8. The van der Waals surface area contributed by atoms with Crippen LogP contribution in [0, 0.1) is 24.7 Å². The lowest BCUT2D eigenvalue weighted by molar-refractivity contribution is -0.136. The van der Waals surface area contributed by atoms with E-state index in [0.29, 0.717) is 35.9 Å². The van der Waals surface area contributed by atoms with E-state index in [1.807, 2.05) is 49.1 Å². The molecule has 0 saturated carbocycles. The highest BCUT2D eigenvalue weighted by molar-refractivity contribution is 6.00. The highest BCUT2D eigenvalue weighted by Gasteiger charge is 2.32. The van der Waals surface area contributed by atoms with Crippen LogP contribution in [0.1, 0.15) is 122 Å². The minimum atomic E-state index is -0.703. The normalized spacial score (nSPS) is 20.1. The predicted octanol–water partition coefficient (Wildman–Crippen LogP) is 6.68. The number of unbranched alkanes of at least 4 members (excludes halogenated alkanes) is 1. The Hall–Kier alpha value is -6.23. The number of amides is 4. The van der Waals surface area contributed by atoms with Crippen molar-refractivity contribution in [1.82, 2.24) is 34.9 Å². The van der Waals surface area contributed by atoms with E-state index in [-0.39, 0.29) is 41.8 Å². The van der Waals surface area contributed by atoms with E-state index >= 15 is 0 Å². The number of rotatable bonds is 12. The second-order valence-electron chi connectivity index (χ2n) is 19.2. The Kier molecular flexibility index (Phi) is 13.9. The molecule has 0 radical (unpaired) electrons. The summed E-state index contributed by atoms with van der Waals surface area (Å²) in [7, 11) is 1.72. The van der Waals surface area contributed by atoms with Crippen molar-refractivity contribution in [2.24, 2.45) is 13.0 Å². The van der Waals surface area contributed by atoms with Crippen LogP contribution in [0.3, 0.4) is 0 Å². The molecule has 0 bridgehead atoms. The minimum absolute atomic E-state index is 0.0778. The number of nitrogens with zero attached hydrogens (tertiary/aromatic N) is 4. The summed E-state index contributed by atoms with van der Waals surface area (Å²) in [6, 6.07) is 24.1. The van der Waals surface area contributed by atoms with Gasteiger partial charge < -0.3 is 25.8 Å². The number of aryl methyl sites for hydroxylation is 2. The molecular formula is C54H64N8O5. The van der Waals surface area contributed by atoms with Crippen LogP contribution in [0.5, 0.6) is 0 Å². The van der Waals surface area contributed by atoms with Crippen molar-refractivity contribution in [3.63, 3.8) is 0 Å². The fraction of sp³-hybridized carbons (Fsp3) is 0.463. The zero-order chi connectivity index (χ0) is 46.6. The van der Waals surface area contributed by atoms with Gasteiger partial charge >= 0.3 is 5.69 Å². The summed E-state index contributed by atoms with van der Waals surface area (Å²) in [6.07, 6.45) is 7.81. The third-order valence-corrected chi connectivity index (χ3v) is 14.8. The first-order valence-corrected chi connectivity index (χ1v) is 24.5. The van der Waals surface area contributed by atoms with Crippen LogP contribution in [-0.4, -0.2) is 94.4 Å². The number of imidazole rings is 1. The van der Waals surface area contributed by atoms with Gasteiger partial charge in [-0.25, -0.2) is 4.79 Å². The average Bonchev–Trinajstić information content (AvgIpc) is 3.95. The standard InChI is InChI=1S/C54H64N8O5/c1-35-11-16-41(57-42-21-26-55-34-42)33-46(35)52(65)56-36(2)43-17-14-39(44-8-4-5-9-45(43)44)13-12-37-22-28-60(29-23-37)27-7-6-10-51(64)61-30-24-38(25-31-61)40-15-18-47-49(32-40)59(3)54(67)62(47)48-19-20-50(63)58-53(48)66/h4-5,8-9,11,14-18,32-33,36-38,42,48,55,57H,6-7,10,19-31,34H2,1-3H3,(H,56,65)(H,58,63,66)/t36?,42-,48?/m0/s1. The zero-order valence-electron chi connectivity index (χ0n) is 39.2. The van der Waals surface area contributed by atoms with E-state index in [0.717, 1.165) is 135 Å². The van der Waals surface area contributed by atoms with E-state index in [1.165, 1.54) is 4.57 Å². The largest absolute Gasteiger partial charge is 0.381 e. The van der Waals surface area contributed by atoms with E-state index in [9.17, 15) is 24.0 Å². The first-order chi connectivity index (χ1) is 32.5. The number of aromatic nitrogens is 2. The fourth-order valence-corrected chi connectivity index (χ4v) is 10.7. The molecule has 5 heterocycles. The van der Waals surface area contributed by atoms with Gasteiger partial charge in [0.2, 0.25) is 17.7 Å². The van der Waals surface area contributed by atoms with Gasteiger partial charge in [0.15, 0.2) is 0 Å². The number of hydrogen-bond donors (Lipinski definition) is 4. The Morgan fingerprint density at radius 3 is 2.40 bits per heavy atom. The number of anilines is 1. The highest BCUT2D eigenvalue weighted by Crippen LogP contribution is 2.33. The molecule has 0 spiro atoms. The summed E-state index contributed by atoms with van der Waals surface area (Å²) in [6.45, 7) is 10.4. The second kappa shape index (κ2) is 20.3. The zero-order valence-corrected chi connectivity index (χ0v) is 39.2. The molecule has 2 unspecified atom stereocenters. The van der Waals surface area contributed by atoms with Crippen LogP contribution in [0.15, 0.2) is 77.6 Å². The van der Waals surface area contributed by atoms with E-state index in [2.05, 4.69) is 80.5 Å². The molecule has 13 nitrogen and oxygen atoms in total. The van der Waals surface area contributed by atoms with Crippen LogP contribution in [0.2, 0.25) is 0 Å². The summed E-state index contributed by atoms with van der Waals surface area (Å²) in [5.41, 5.74) is 7.03. The van der Waals surface area contributed by atoms with Crippen molar-refractivity contribution in [3.05, 3.63) is 111 Å². The summed E-state index contributed by atoms with van der Waals surface area (Å²) >= 11 is 0. The smallest absolute Gasteiger partial charge is 0.329 e. The molecule has 3 atom stereocenters. The molecule has 9 rings (SSSR count). The van der Waals surface area contributed by atoms with Crippen molar-refractivity contribution in [2.75, 3.05) is 51.1 Å². The maximum absolute atomic E-state index is 13.6. The van der Waals surface area contributed by atoms with Gasteiger partial charge in [-0.2, -0.15) is 0 Å². The first-order valence-electron chi connectivity index (χ1n) is 24.5. The van der Waals surface area contributed by atoms with Gasteiger partial charge in [-0.05, 0) is 155 Å². The van der Waals surface area contributed by atoms with Crippen LogP contribution >= 0.6 is 0 Å². The fourth-order valence-electron chi connectivity index (χ4n) is 10.7. The van der Waals surface area contributed by atoms with Crippen LogP contribution < -0.4 is 27.0 Å². The first kappa shape index (κ1) is 45.9. The third-order valence-electron chi connectivity index (χ3n) is 14.8. The maximum atomic E-state index is 13.6. The minimum Gasteiger partial charge on any atom is -0.381 e. The molecule has 0 aliphatic carbocycles. The van der Waals surface area contributed by atoms with Crippen LogP contribution in [-0.2, 0) is 21.4 Å². The van der Waals surface area contributed by atoms with Gasteiger partial charge in [-0.3, -0.25) is 33.6 Å². The maximum Gasteiger partial charge on any atom is 0.329 e. The number of piperidine rings is 3. The van der Waals surface area contributed by atoms with E-state index in [1.54, 1.807) is 11.6 Å². The molecule has 4 aliphatic rings. The molecule has 4 aromatic carbocycles. The topological polar surface area (TPSA) is 150 Å². The summed E-state index contributed by atoms with van der Waals surface area (Å²) in [5.74, 6) is 7.18. The van der Waals surface area contributed by atoms with Gasteiger partial charge in [0.05, 0.1) is 17.1 Å². The quantitative estimate of drug-likeness (QED) is 0.0616. The van der Waals surface area contributed by atoms with Gasteiger partial charge in [-0.1, -0.05) is 54.3 Å². The number of benzene rings is 4. The number of nitrogens with one attached hydrogen (secondary N) is 4. The molecule has 4 amide bonds. The molecule has 350 valence electrons. The SMILES string of the molecule is Cc1ccc(N[C@H]2CCNC2)cc1C(=O)NC(C)c1ccc(C#CC2CCN(CCCCC(=O)N3CCC(c4ccc5c(c4)n(C)c(=O)n5C4CCC(=O)NC4=O)CC3)CC2)c2ccccc12. The highest BCUT2D eigenvalue weighted by atomic mass is 16.2.